The van der Waals surface area contributed by atoms with Gasteiger partial charge in [0.25, 0.3) is 5.69 Å². The molecule has 0 saturated carbocycles. The number of nitro groups is 1. The summed E-state index contributed by atoms with van der Waals surface area (Å²) in [5, 5.41) is 10.7. The maximum Gasteiger partial charge on any atom is 0.269 e. The molecular weight excluding hydrogens is 314 g/mol. The van der Waals surface area contributed by atoms with Crippen LogP contribution in [-0.4, -0.2) is 4.92 Å². The highest BCUT2D eigenvalue weighted by molar-refractivity contribution is 6.17. The third-order valence-corrected chi connectivity index (χ3v) is 4.06. The number of hydrogen-bond donors (Lipinski definition) is 0. The first kappa shape index (κ1) is 17.3. The van der Waals surface area contributed by atoms with Crippen LogP contribution in [0.1, 0.15) is 42.0 Å². The van der Waals surface area contributed by atoms with Crippen molar-refractivity contribution in [2.75, 3.05) is 0 Å². The Labute approximate surface area is 141 Å². The van der Waals surface area contributed by atoms with E-state index in [1.54, 1.807) is 12.1 Å². The minimum Gasteiger partial charge on any atom is -0.489 e. The van der Waals surface area contributed by atoms with Gasteiger partial charge in [-0.15, -0.1) is 11.6 Å². The third kappa shape index (κ3) is 4.23. The molecule has 0 saturated heterocycles. The first-order valence-electron chi connectivity index (χ1n) is 7.48. The van der Waals surface area contributed by atoms with E-state index in [2.05, 4.69) is 19.9 Å². The van der Waals surface area contributed by atoms with Crippen molar-refractivity contribution in [2.24, 2.45) is 0 Å². The fourth-order valence-corrected chi connectivity index (χ4v) is 2.63. The van der Waals surface area contributed by atoms with Gasteiger partial charge in [-0.25, -0.2) is 0 Å². The average molecular weight is 334 g/mol. The van der Waals surface area contributed by atoms with E-state index in [1.165, 1.54) is 12.1 Å². The van der Waals surface area contributed by atoms with Gasteiger partial charge in [0.1, 0.15) is 12.4 Å². The third-order valence-electron chi connectivity index (χ3n) is 3.78. The van der Waals surface area contributed by atoms with Crippen LogP contribution in [0.25, 0.3) is 0 Å². The van der Waals surface area contributed by atoms with Crippen LogP contribution in [0.4, 0.5) is 5.69 Å². The molecule has 0 aliphatic carbocycles. The first-order chi connectivity index (χ1) is 10.9. The van der Waals surface area contributed by atoms with Crippen LogP contribution in [0.15, 0.2) is 36.4 Å². The number of non-ortho nitro benzene ring substituents is 1. The quantitative estimate of drug-likeness (QED) is 0.407. The predicted octanol–water partition coefficient (Wildman–Crippen LogP) is 5.34. The number of hydrogen-bond acceptors (Lipinski definition) is 3. The molecule has 0 radical (unpaired) electrons. The van der Waals surface area contributed by atoms with Crippen molar-refractivity contribution in [3.8, 4) is 5.75 Å². The Balaban J connectivity index is 2.19. The van der Waals surface area contributed by atoms with E-state index in [1.807, 2.05) is 13.0 Å². The summed E-state index contributed by atoms with van der Waals surface area (Å²) in [5.74, 6) is 1.64. The van der Waals surface area contributed by atoms with Gasteiger partial charge in [0, 0.05) is 18.0 Å². The molecule has 0 aromatic heterocycles. The molecule has 2 rings (SSSR count). The molecular formula is C18H20ClNO3. The standard InChI is InChI=1S/C18H20ClNO3/c1-12(2)17-9-15(10-19)13(3)8-18(17)23-11-14-4-6-16(7-5-14)20(21)22/h4-9,12H,10-11H2,1-3H3. The lowest BCUT2D eigenvalue weighted by Gasteiger charge is -2.17. The average Bonchev–Trinajstić information content (AvgIpc) is 2.53. The smallest absolute Gasteiger partial charge is 0.269 e. The Bertz CT molecular complexity index is 696. The fraction of sp³-hybridized carbons (Fsp3) is 0.333. The molecule has 2 aromatic carbocycles. The number of aryl methyl sites for hydroxylation is 1. The number of nitrogens with zero attached hydrogens (tertiary/aromatic N) is 1. The van der Waals surface area contributed by atoms with Gasteiger partial charge in [-0.3, -0.25) is 10.1 Å². The molecule has 2 aromatic rings. The Hall–Kier alpha value is -2.07. The van der Waals surface area contributed by atoms with E-state index >= 15 is 0 Å². The topological polar surface area (TPSA) is 52.4 Å². The van der Waals surface area contributed by atoms with E-state index in [0.29, 0.717) is 18.4 Å². The summed E-state index contributed by atoms with van der Waals surface area (Å²) in [6.07, 6.45) is 0. The van der Waals surface area contributed by atoms with Crippen LogP contribution in [-0.2, 0) is 12.5 Å². The number of rotatable bonds is 6. The van der Waals surface area contributed by atoms with Gasteiger partial charge < -0.3 is 4.74 Å². The van der Waals surface area contributed by atoms with Crippen molar-refractivity contribution in [1.29, 1.82) is 0 Å². The number of alkyl halides is 1. The van der Waals surface area contributed by atoms with Crippen LogP contribution in [0.2, 0.25) is 0 Å². The van der Waals surface area contributed by atoms with E-state index in [-0.39, 0.29) is 5.69 Å². The monoisotopic (exact) mass is 333 g/mol. The van der Waals surface area contributed by atoms with Crippen LogP contribution in [0.5, 0.6) is 5.75 Å². The highest BCUT2D eigenvalue weighted by Gasteiger charge is 2.12. The molecule has 0 heterocycles. The summed E-state index contributed by atoms with van der Waals surface area (Å²) < 4.78 is 5.95. The summed E-state index contributed by atoms with van der Waals surface area (Å²) in [4.78, 5) is 10.3. The molecule has 0 aliphatic heterocycles. The van der Waals surface area contributed by atoms with Crippen LogP contribution >= 0.6 is 11.6 Å². The Morgan fingerprint density at radius 3 is 2.39 bits per heavy atom. The lowest BCUT2D eigenvalue weighted by molar-refractivity contribution is -0.384. The van der Waals surface area contributed by atoms with Crippen molar-refractivity contribution in [1.82, 2.24) is 0 Å². The zero-order valence-electron chi connectivity index (χ0n) is 13.5. The van der Waals surface area contributed by atoms with Gasteiger partial charge in [-0.05, 0) is 53.3 Å². The van der Waals surface area contributed by atoms with Crippen molar-refractivity contribution < 1.29 is 9.66 Å². The normalized spacial score (nSPS) is 10.8. The molecule has 0 unspecified atom stereocenters. The molecule has 23 heavy (non-hydrogen) atoms. The Morgan fingerprint density at radius 1 is 1.22 bits per heavy atom. The Morgan fingerprint density at radius 2 is 1.87 bits per heavy atom. The first-order valence-corrected chi connectivity index (χ1v) is 8.01. The van der Waals surface area contributed by atoms with Crippen molar-refractivity contribution in [3.05, 3.63) is 68.8 Å². The van der Waals surface area contributed by atoms with Crippen molar-refractivity contribution >= 4 is 17.3 Å². The van der Waals surface area contributed by atoms with Gasteiger partial charge in [0.2, 0.25) is 0 Å². The molecule has 4 nitrogen and oxygen atoms in total. The molecule has 0 N–H and O–H groups in total. The molecule has 0 aliphatic rings. The molecule has 5 heteroatoms. The summed E-state index contributed by atoms with van der Waals surface area (Å²) in [7, 11) is 0. The second-order valence-corrected chi connectivity index (χ2v) is 6.08. The fourth-order valence-electron chi connectivity index (χ4n) is 2.34. The lowest BCUT2D eigenvalue weighted by atomic mass is 9.97. The maximum absolute atomic E-state index is 10.7. The number of halogens is 1. The van der Waals surface area contributed by atoms with Crippen LogP contribution < -0.4 is 4.74 Å². The summed E-state index contributed by atoms with van der Waals surface area (Å²) in [5.41, 5.74) is 4.30. The molecule has 0 atom stereocenters. The maximum atomic E-state index is 10.7. The van der Waals surface area contributed by atoms with Gasteiger partial charge in [0.05, 0.1) is 4.92 Å². The van der Waals surface area contributed by atoms with E-state index in [0.717, 1.165) is 28.0 Å². The summed E-state index contributed by atoms with van der Waals surface area (Å²) in [6, 6.07) is 10.5. The van der Waals surface area contributed by atoms with Crippen molar-refractivity contribution in [2.45, 2.75) is 39.2 Å². The predicted molar refractivity (Wildman–Crippen MR) is 92.3 cm³/mol. The zero-order valence-corrected chi connectivity index (χ0v) is 14.3. The SMILES string of the molecule is Cc1cc(OCc2ccc([N+](=O)[O-])cc2)c(C(C)C)cc1CCl. The highest BCUT2D eigenvalue weighted by Crippen LogP contribution is 2.31. The van der Waals surface area contributed by atoms with E-state index < -0.39 is 4.92 Å². The molecule has 0 fully saturated rings. The molecule has 122 valence electrons. The Kier molecular flexibility index (Phi) is 5.61. The number of ether oxygens (including phenoxy) is 1. The number of nitro benzene ring substituents is 1. The molecule has 0 spiro atoms. The minimum atomic E-state index is -0.407. The van der Waals surface area contributed by atoms with Gasteiger partial charge in [-0.1, -0.05) is 19.9 Å². The summed E-state index contributed by atoms with van der Waals surface area (Å²) >= 11 is 5.98. The lowest BCUT2D eigenvalue weighted by Crippen LogP contribution is -2.02. The summed E-state index contributed by atoms with van der Waals surface area (Å²) in [6.45, 7) is 6.61. The van der Waals surface area contributed by atoms with Gasteiger partial charge in [0.15, 0.2) is 0 Å². The van der Waals surface area contributed by atoms with Gasteiger partial charge >= 0.3 is 0 Å². The second kappa shape index (κ2) is 7.47. The highest BCUT2D eigenvalue weighted by atomic mass is 35.5. The van der Waals surface area contributed by atoms with Crippen LogP contribution in [0, 0.1) is 17.0 Å². The number of benzene rings is 2. The minimum absolute atomic E-state index is 0.0823. The van der Waals surface area contributed by atoms with Crippen LogP contribution in [0.3, 0.4) is 0 Å². The second-order valence-electron chi connectivity index (χ2n) is 5.82. The molecule has 0 bridgehead atoms. The molecule has 0 amide bonds. The van der Waals surface area contributed by atoms with Gasteiger partial charge in [-0.2, -0.15) is 0 Å². The van der Waals surface area contributed by atoms with E-state index in [9.17, 15) is 10.1 Å². The zero-order chi connectivity index (χ0) is 17.0. The van der Waals surface area contributed by atoms with Crippen molar-refractivity contribution in [3.63, 3.8) is 0 Å². The largest absolute Gasteiger partial charge is 0.489 e. The van der Waals surface area contributed by atoms with E-state index in [4.69, 9.17) is 16.3 Å².